The van der Waals surface area contributed by atoms with E-state index in [2.05, 4.69) is 39.2 Å². The van der Waals surface area contributed by atoms with Gasteiger partial charge in [0.2, 0.25) is 5.88 Å². The van der Waals surface area contributed by atoms with Gasteiger partial charge in [0.1, 0.15) is 5.75 Å². The average molecular weight is 349 g/mol. The first-order chi connectivity index (χ1) is 10.1. The summed E-state index contributed by atoms with van der Waals surface area (Å²) in [7, 11) is 1.94. The number of aryl methyl sites for hydroxylation is 2. The SMILES string of the molecule is CCCc1cc(CNC)cc(Oc2ccc(Br)c(C)c2)n1. The van der Waals surface area contributed by atoms with Crippen LogP contribution >= 0.6 is 15.9 Å². The topological polar surface area (TPSA) is 34.1 Å². The highest BCUT2D eigenvalue weighted by Gasteiger charge is 2.06. The molecule has 0 radical (unpaired) electrons. The van der Waals surface area contributed by atoms with Gasteiger partial charge in [-0.15, -0.1) is 0 Å². The molecule has 2 rings (SSSR count). The van der Waals surface area contributed by atoms with Crippen LogP contribution in [0.25, 0.3) is 0 Å². The number of benzene rings is 1. The fraction of sp³-hybridized carbons (Fsp3) is 0.353. The molecule has 0 saturated carbocycles. The van der Waals surface area contributed by atoms with Crippen LogP contribution in [0.2, 0.25) is 0 Å². The fourth-order valence-corrected chi connectivity index (χ4v) is 2.41. The normalized spacial score (nSPS) is 10.7. The Labute approximate surface area is 134 Å². The van der Waals surface area contributed by atoms with Crippen molar-refractivity contribution in [1.82, 2.24) is 10.3 Å². The number of hydrogen-bond acceptors (Lipinski definition) is 3. The molecule has 1 aromatic carbocycles. The van der Waals surface area contributed by atoms with Gasteiger partial charge in [-0.1, -0.05) is 29.3 Å². The molecule has 0 unspecified atom stereocenters. The van der Waals surface area contributed by atoms with Gasteiger partial charge in [0.05, 0.1) is 0 Å². The number of rotatable bonds is 6. The Morgan fingerprint density at radius 3 is 2.71 bits per heavy atom. The van der Waals surface area contributed by atoms with Gasteiger partial charge in [0.15, 0.2) is 0 Å². The summed E-state index contributed by atoms with van der Waals surface area (Å²) < 4.78 is 7.01. The van der Waals surface area contributed by atoms with E-state index in [1.54, 1.807) is 0 Å². The molecule has 3 nitrogen and oxygen atoms in total. The minimum atomic E-state index is 0.660. The maximum Gasteiger partial charge on any atom is 0.219 e. The van der Waals surface area contributed by atoms with Crippen LogP contribution in [0.5, 0.6) is 11.6 Å². The number of ether oxygens (including phenoxy) is 1. The third-order valence-corrected chi connectivity index (χ3v) is 4.04. The molecule has 1 N–H and O–H groups in total. The molecule has 0 aliphatic heterocycles. The number of nitrogens with one attached hydrogen (secondary N) is 1. The first-order valence-electron chi connectivity index (χ1n) is 7.20. The van der Waals surface area contributed by atoms with Crippen LogP contribution in [0.4, 0.5) is 0 Å². The van der Waals surface area contributed by atoms with E-state index in [0.29, 0.717) is 5.88 Å². The lowest BCUT2D eigenvalue weighted by atomic mass is 10.1. The summed E-state index contributed by atoms with van der Waals surface area (Å²) in [5, 5.41) is 3.17. The lowest BCUT2D eigenvalue weighted by Gasteiger charge is -2.10. The minimum absolute atomic E-state index is 0.660. The highest BCUT2D eigenvalue weighted by molar-refractivity contribution is 9.10. The molecule has 0 atom stereocenters. The summed E-state index contributed by atoms with van der Waals surface area (Å²) >= 11 is 3.50. The van der Waals surface area contributed by atoms with E-state index < -0.39 is 0 Å². The van der Waals surface area contributed by atoms with E-state index in [1.807, 2.05) is 38.2 Å². The Morgan fingerprint density at radius 2 is 2.05 bits per heavy atom. The predicted octanol–water partition coefficient (Wildman–Crippen LogP) is 4.62. The summed E-state index contributed by atoms with van der Waals surface area (Å²) in [4.78, 5) is 4.59. The van der Waals surface area contributed by atoms with Crippen LogP contribution in [-0.4, -0.2) is 12.0 Å². The zero-order chi connectivity index (χ0) is 15.2. The Balaban J connectivity index is 2.26. The highest BCUT2D eigenvalue weighted by Crippen LogP contribution is 2.26. The lowest BCUT2D eigenvalue weighted by Crippen LogP contribution is -2.06. The summed E-state index contributed by atoms with van der Waals surface area (Å²) in [6.07, 6.45) is 2.04. The van der Waals surface area contributed by atoms with Crippen LogP contribution < -0.4 is 10.1 Å². The van der Waals surface area contributed by atoms with Crippen molar-refractivity contribution in [2.24, 2.45) is 0 Å². The molecule has 4 heteroatoms. The largest absolute Gasteiger partial charge is 0.439 e. The van der Waals surface area contributed by atoms with E-state index in [1.165, 1.54) is 5.56 Å². The predicted molar refractivity (Wildman–Crippen MR) is 89.9 cm³/mol. The monoisotopic (exact) mass is 348 g/mol. The quantitative estimate of drug-likeness (QED) is 0.827. The Kier molecular flexibility index (Phi) is 5.76. The standard InChI is InChI=1S/C17H21BrN2O/c1-4-5-14-9-13(11-19-3)10-17(20-14)21-15-6-7-16(18)12(2)8-15/h6-10,19H,4-5,11H2,1-3H3. The van der Waals surface area contributed by atoms with Crippen molar-refractivity contribution in [2.45, 2.75) is 33.2 Å². The lowest BCUT2D eigenvalue weighted by molar-refractivity contribution is 0.459. The van der Waals surface area contributed by atoms with Crippen molar-refractivity contribution in [3.05, 3.63) is 51.6 Å². The van der Waals surface area contributed by atoms with Gasteiger partial charge in [0.25, 0.3) is 0 Å². The third kappa shape index (κ3) is 4.55. The molecule has 2 aromatic rings. The van der Waals surface area contributed by atoms with Gasteiger partial charge in [-0.3, -0.25) is 0 Å². The second kappa shape index (κ2) is 7.57. The number of pyridine rings is 1. The summed E-state index contributed by atoms with van der Waals surface area (Å²) in [6.45, 7) is 5.02. The number of hydrogen-bond donors (Lipinski definition) is 1. The van der Waals surface area contributed by atoms with Crippen molar-refractivity contribution in [3.8, 4) is 11.6 Å². The van der Waals surface area contributed by atoms with E-state index in [-0.39, 0.29) is 0 Å². The van der Waals surface area contributed by atoms with Crippen LogP contribution in [0.1, 0.15) is 30.2 Å². The van der Waals surface area contributed by atoms with Gasteiger partial charge in [-0.05, 0) is 55.8 Å². The van der Waals surface area contributed by atoms with Crippen molar-refractivity contribution in [3.63, 3.8) is 0 Å². The smallest absolute Gasteiger partial charge is 0.219 e. The molecule has 0 amide bonds. The average Bonchev–Trinajstić information content (AvgIpc) is 2.43. The molecule has 0 aliphatic carbocycles. The van der Waals surface area contributed by atoms with Gasteiger partial charge in [-0.25, -0.2) is 4.98 Å². The third-order valence-electron chi connectivity index (χ3n) is 3.15. The van der Waals surface area contributed by atoms with Crippen LogP contribution in [0.3, 0.4) is 0 Å². The molecule has 1 heterocycles. The molecule has 21 heavy (non-hydrogen) atoms. The molecule has 0 spiro atoms. The van der Waals surface area contributed by atoms with Gasteiger partial charge in [-0.2, -0.15) is 0 Å². The molecular weight excluding hydrogens is 328 g/mol. The number of aromatic nitrogens is 1. The van der Waals surface area contributed by atoms with Crippen molar-refractivity contribution in [1.29, 1.82) is 0 Å². The number of nitrogens with zero attached hydrogens (tertiary/aromatic N) is 1. The summed E-state index contributed by atoms with van der Waals surface area (Å²) in [6, 6.07) is 10.1. The van der Waals surface area contributed by atoms with E-state index in [4.69, 9.17) is 4.74 Å². The van der Waals surface area contributed by atoms with Crippen LogP contribution in [-0.2, 0) is 13.0 Å². The Hall–Kier alpha value is -1.39. The van der Waals surface area contributed by atoms with E-state index in [9.17, 15) is 0 Å². The highest BCUT2D eigenvalue weighted by atomic mass is 79.9. The van der Waals surface area contributed by atoms with Crippen molar-refractivity contribution >= 4 is 15.9 Å². The van der Waals surface area contributed by atoms with Gasteiger partial charge in [0, 0.05) is 22.8 Å². The fourth-order valence-electron chi connectivity index (χ4n) is 2.16. The molecule has 1 aromatic heterocycles. The Morgan fingerprint density at radius 1 is 1.24 bits per heavy atom. The Bertz CT molecular complexity index is 589. The first-order valence-corrected chi connectivity index (χ1v) is 8.00. The number of halogens is 1. The zero-order valence-corrected chi connectivity index (χ0v) is 14.3. The molecule has 0 bridgehead atoms. The molecule has 0 saturated heterocycles. The van der Waals surface area contributed by atoms with Crippen molar-refractivity contribution < 1.29 is 4.74 Å². The molecule has 0 fully saturated rings. The van der Waals surface area contributed by atoms with Crippen molar-refractivity contribution in [2.75, 3.05) is 7.05 Å². The second-order valence-corrected chi connectivity index (χ2v) is 5.95. The summed E-state index contributed by atoms with van der Waals surface area (Å²) in [5.41, 5.74) is 3.42. The first kappa shape index (κ1) is 16.0. The van der Waals surface area contributed by atoms with E-state index >= 15 is 0 Å². The zero-order valence-electron chi connectivity index (χ0n) is 12.7. The van der Waals surface area contributed by atoms with Crippen LogP contribution in [0.15, 0.2) is 34.8 Å². The minimum Gasteiger partial charge on any atom is -0.439 e. The van der Waals surface area contributed by atoms with Crippen LogP contribution in [0, 0.1) is 6.92 Å². The van der Waals surface area contributed by atoms with E-state index in [0.717, 1.165) is 40.9 Å². The maximum atomic E-state index is 5.93. The molecule has 0 aliphatic rings. The second-order valence-electron chi connectivity index (χ2n) is 5.10. The summed E-state index contributed by atoms with van der Waals surface area (Å²) in [5.74, 6) is 1.47. The maximum absolute atomic E-state index is 5.93. The molecular formula is C17H21BrN2O. The van der Waals surface area contributed by atoms with Gasteiger partial charge < -0.3 is 10.1 Å². The van der Waals surface area contributed by atoms with Gasteiger partial charge >= 0.3 is 0 Å². The molecule has 112 valence electrons.